The number of hydrogen-bond acceptors (Lipinski definition) is 7. The van der Waals surface area contributed by atoms with Gasteiger partial charge in [-0.15, -0.1) is 5.10 Å². The van der Waals surface area contributed by atoms with Crippen LogP contribution >= 0.6 is 0 Å². The SMILES string of the molecule is O=C(O)CC1CS(=O)(=O)CCN1Cc1nnnn1C1CC1. The molecule has 0 aromatic carbocycles. The summed E-state index contributed by atoms with van der Waals surface area (Å²) in [4.78, 5) is 12.8. The first-order chi connectivity index (χ1) is 9.94. The fourth-order valence-corrected chi connectivity index (χ4v) is 4.21. The van der Waals surface area contributed by atoms with E-state index in [2.05, 4.69) is 15.5 Å². The van der Waals surface area contributed by atoms with Crippen LogP contribution in [0.3, 0.4) is 0 Å². The molecular weight excluding hydrogens is 298 g/mol. The highest BCUT2D eigenvalue weighted by molar-refractivity contribution is 7.91. The molecule has 1 aliphatic carbocycles. The molecule has 9 nitrogen and oxygen atoms in total. The topological polar surface area (TPSA) is 118 Å². The van der Waals surface area contributed by atoms with Gasteiger partial charge in [0.2, 0.25) is 0 Å². The van der Waals surface area contributed by atoms with Crippen LogP contribution in [0.25, 0.3) is 0 Å². The van der Waals surface area contributed by atoms with Gasteiger partial charge < -0.3 is 5.11 Å². The van der Waals surface area contributed by atoms with Gasteiger partial charge in [-0.05, 0) is 23.3 Å². The van der Waals surface area contributed by atoms with E-state index in [1.807, 2.05) is 4.90 Å². The molecule has 1 aromatic rings. The van der Waals surface area contributed by atoms with E-state index in [1.165, 1.54) is 0 Å². The molecular formula is C11H17N5O4S. The number of carbonyl (C=O) groups is 1. The maximum absolute atomic E-state index is 11.7. The van der Waals surface area contributed by atoms with Crippen LogP contribution in [0, 0.1) is 0 Å². The van der Waals surface area contributed by atoms with E-state index in [-0.39, 0.29) is 17.9 Å². The number of aliphatic carboxylic acids is 1. The molecule has 1 N–H and O–H groups in total. The summed E-state index contributed by atoms with van der Waals surface area (Å²) < 4.78 is 25.2. The Morgan fingerprint density at radius 3 is 2.81 bits per heavy atom. The molecule has 2 heterocycles. The minimum Gasteiger partial charge on any atom is -0.481 e. The van der Waals surface area contributed by atoms with E-state index >= 15 is 0 Å². The van der Waals surface area contributed by atoms with Gasteiger partial charge in [0, 0.05) is 12.6 Å². The van der Waals surface area contributed by atoms with E-state index in [0.29, 0.717) is 25.0 Å². The van der Waals surface area contributed by atoms with Crippen LogP contribution in [-0.2, 0) is 21.2 Å². The van der Waals surface area contributed by atoms with Gasteiger partial charge in [0.1, 0.15) is 0 Å². The first-order valence-electron chi connectivity index (χ1n) is 6.87. The smallest absolute Gasteiger partial charge is 0.304 e. The lowest BCUT2D eigenvalue weighted by Gasteiger charge is -2.34. The number of aromatic nitrogens is 4. The first-order valence-corrected chi connectivity index (χ1v) is 8.70. The Kier molecular flexibility index (Phi) is 3.66. The molecule has 1 aromatic heterocycles. The van der Waals surface area contributed by atoms with Gasteiger partial charge in [-0.3, -0.25) is 9.69 Å². The van der Waals surface area contributed by atoms with Gasteiger partial charge >= 0.3 is 5.97 Å². The molecule has 10 heteroatoms. The number of rotatable bonds is 5. The van der Waals surface area contributed by atoms with Crippen molar-refractivity contribution in [1.29, 1.82) is 0 Å². The first kappa shape index (κ1) is 14.4. The maximum atomic E-state index is 11.7. The lowest BCUT2D eigenvalue weighted by molar-refractivity contribution is -0.138. The highest BCUT2D eigenvalue weighted by atomic mass is 32.2. The molecule has 21 heavy (non-hydrogen) atoms. The van der Waals surface area contributed by atoms with Crippen molar-refractivity contribution in [2.24, 2.45) is 0 Å². The van der Waals surface area contributed by atoms with Gasteiger partial charge in [0.15, 0.2) is 15.7 Å². The van der Waals surface area contributed by atoms with E-state index in [0.717, 1.165) is 12.8 Å². The summed E-state index contributed by atoms with van der Waals surface area (Å²) >= 11 is 0. The maximum Gasteiger partial charge on any atom is 0.304 e. The zero-order valence-electron chi connectivity index (χ0n) is 11.4. The molecule has 3 rings (SSSR count). The van der Waals surface area contributed by atoms with Crippen molar-refractivity contribution in [2.45, 2.75) is 37.9 Å². The third-order valence-electron chi connectivity index (χ3n) is 3.86. The standard InChI is InChI=1S/C11H17N5O4S/c17-11(18)5-9-7-21(19,20)4-3-15(9)6-10-12-13-14-16(10)8-1-2-8/h8-9H,1-7H2,(H,17,18). The number of nitrogens with zero attached hydrogens (tertiary/aromatic N) is 5. The molecule has 0 bridgehead atoms. The average Bonchev–Trinajstić information content (AvgIpc) is 3.12. The van der Waals surface area contributed by atoms with Crippen LogP contribution in [-0.4, -0.2) is 68.7 Å². The van der Waals surface area contributed by atoms with Crippen LogP contribution < -0.4 is 0 Å². The zero-order chi connectivity index (χ0) is 15.0. The summed E-state index contributed by atoms with van der Waals surface area (Å²) in [6, 6.07) is -0.188. The van der Waals surface area contributed by atoms with Crippen molar-refractivity contribution in [2.75, 3.05) is 18.1 Å². The summed E-state index contributed by atoms with van der Waals surface area (Å²) in [5.74, 6) is -0.394. The Morgan fingerprint density at radius 2 is 2.14 bits per heavy atom. The number of tetrazole rings is 1. The normalized spacial score (nSPS) is 25.8. The third-order valence-corrected chi connectivity index (χ3v) is 5.56. The number of carboxylic acid groups (broad SMARTS) is 1. The van der Waals surface area contributed by atoms with Crippen molar-refractivity contribution in [3.05, 3.63) is 5.82 Å². The molecule has 1 atom stereocenters. The van der Waals surface area contributed by atoms with Gasteiger partial charge in [-0.2, -0.15) is 0 Å². The molecule has 2 fully saturated rings. The van der Waals surface area contributed by atoms with Gasteiger partial charge in [0.05, 0.1) is 30.5 Å². The predicted molar refractivity (Wildman–Crippen MR) is 71.2 cm³/mol. The van der Waals surface area contributed by atoms with E-state index < -0.39 is 21.8 Å². The Morgan fingerprint density at radius 1 is 1.38 bits per heavy atom. The monoisotopic (exact) mass is 315 g/mol. The Bertz CT molecular complexity index is 639. The fraction of sp³-hybridized carbons (Fsp3) is 0.818. The largest absolute Gasteiger partial charge is 0.481 e. The summed E-state index contributed by atoms with van der Waals surface area (Å²) in [5.41, 5.74) is 0. The van der Waals surface area contributed by atoms with Gasteiger partial charge in [-0.1, -0.05) is 0 Å². The van der Waals surface area contributed by atoms with E-state index in [9.17, 15) is 13.2 Å². The van der Waals surface area contributed by atoms with E-state index in [1.54, 1.807) is 4.68 Å². The predicted octanol–water partition coefficient (Wildman–Crippen LogP) is -0.918. The Labute approximate surface area is 121 Å². The third kappa shape index (κ3) is 3.38. The second-order valence-electron chi connectivity index (χ2n) is 5.61. The Balaban J connectivity index is 1.75. The van der Waals surface area contributed by atoms with Crippen molar-refractivity contribution < 1.29 is 18.3 Å². The van der Waals surface area contributed by atoms with Crippen molar-refractivity contribution >= 4 is 15.8 Å². The van der Waals surface area contributed by atoms with Crippen molar-refractivity contribution in [3.8, 4) is 0 Å². The molecule has 1 saturated heterocycles. The summed E-state index contributed by atoms with van der Waals surface area (Å²) in [7, 11) is -3.17. The van der Waals surface area contributed by atoms with Crippen LogP contribution in [0.1, 0.15) is 31.1 Å². The van der Waals surface area contributed by atoms with Gasteiger partial charge in [0.25, 0.3) is 0 Å². The minimum atomic E-state index is -3.17. The zero-order valence-corrected chi connectivity index (χ0v) is 12.2. The molecule has 116 valence electrons. The Hall–Kier alpha value is -1.55. The van der Waals surface area contributed by atoms with Crippen molar-refractivity contribution in [3.63, 3.8) is 0 Å². The quantitative estimate of drug-likeness (QED) is 0.741. The van der Waals surface area contributed by atoms with Crippen LogP contribution in [0.15, 0.2) is 0 Å². The summed E-state index contributed by atoms with van der Waals surface area (Å²) in [6.07, 6.45) is 1.90. The molecule has 1 unspecified atom stereocenters. The van der Waals surface area contributed by atoms with Crippen LogP contribution in [0.5, 0.6) is 0 Å². The summed E-state index contributed by atoms with van der Waals surface area (Å²) in [6.45, 7) is 0.703. The molecule has 0 amide bonds. The fourth-order valence-electron chi connectivity index (χ4n) is 2.62. The van der Waals surface area contributed by atoms with Gasteiger partial charge in [-0.25, -0.2) is 13.1 Å². The van der Waals surface area contributed by atoms with Crippen LogP contribution in [0.2, 0.25) is 0 Å². The lowest BCUT2D eigenvalue weighted by atomic mass is 10.2. The number of hydrogen-bond donors (Lipinski definition) is 1. The molecule has 0 radical (unpaired) electrons. The number of carboxylic acids is 1. The highest BCUT2D eigenvalue weighted by Gasteiger charge is 2.35. The lowest BCUT2D eigenvalue weighted by Crippen LogP contribution is -2.49. The van der Waals surface area contributed by atoms with Crippen molar-refractivity contribution in [1.82, 2.24) is 25.1 Å². The molecule has 2 aliphatic rings. The second-order valence-corrected chi connectivity index (χ2v) is 7.84. The molecule has 1 aliphatic heterocycles. The van der Waals surface area contributed by atoms with Crippen LogP contribution in [0.4, 0.5) is 0 Å². The summed E-state index contributed by atoms with van der Waals surface area (Å²) in [5, 5.41) is 20.6. The minimum absolute atomic E-state index is 0.0497. The highest BCUT2D eigenvalue weighted by Crippen LogP contribution is 2.34. The molecule has 0 spiro atoms. The second kappa shape index (κ2) is 5.34. The van der Waals surface area contributed by atoms with E-state index in [4.69, 9.17) is 5.11 Å². The number of sulfone groups is 1. The molecule has 1 saturated carbocycles. The average molecular weight is 315 g/mol.